The summed E-state index contributed by atoms with van der Waals surface area (Å²) in [5, 5.41) is 5.97. The Bertz CT molecular complexity index is 853. The summed E-state index contributed by atoms with van der Waals surface area (Å²) in [6.45, 7) is 7.02. The summed E-state index contributed by atoms with van der Waals surface area (Å²) in [4.78, 5) is 17.1. The van der Waals surface area contributed by atoms with Gasteiger partial charge in [-0.3, -0.25) is 0 Å². The van der Waals surface area contributed by atoms with E-state index < -0.39 is 0 Å². The average molecular weight is 415 g/mol. The largest absolute Gasteiger partial charge is 0.475 e. The second-order valence-electron chi connectivity index (χ2n) is 7.72. The zero-order valence-electron chi connectivity index (χ0n) is 19.2. The second kappa shape index (κ2) is 11.4. The fourth-order valence-electron chi connectivity index (χ4n) is 3.36. The maximum absolute atomic E-state index is 12.4. The highest BCUT2D eigenvalue weighted by atomic mass is 16.5. The minimum atomic E-state index is -0.185. The third kappa shape index (κ3) is 6.34. The number of unbranched alkanes of at least 4 members (excludes halogenated alkanes) is 1. The summed E-state index contributed by atoms with van der Waals surface area (Å²) in [6, 6.07) is 5.54. The van der Waals surface area contributed by atoms with Gasteiger partial charge in [0.25, 0.3) is 0 Å². The van der Waals surface area contributed by atoms with Crippen molar-refractivity contribution < 1.29 is 14.1 Å². The van der Waals surface area contributed by atoms with Crippen molar-refractivity contribution in [3.63, 3.8) is 0 Å². The topological polar surface area (TPSA) is 71.5 Å². The number of methoxy groups -OCH3 is 1. The molecule has 1 heterocycles. The molecule has 2 aromatic rings. The van der Waals surface area contributed by atoms with Crippen molar-refractivity contribution in [3.05, 3.63) is 42.0 Å². The van der Waals surface area contributed by atoms with Crippen LogP contribution in [0.2, 0.25) is 0 Å². The quantitative estimate of drug-likeness (QED) is 0.366. The van der Waals surface area contributed by atoms with E-state index in [1.165, 1.54) is 12.8 Å². The highest BCUT2D eigenvalue weighted by Crippen LogP contribution is 2.23. The summed E-state index contributed by atoms with van der Waals surface area (Å²) >= 11 is 0. The van der Waals surface area contributed by atoms with Gasteiger partial charge < -0.3 is 15.4 Å². The summed E-state index contributed by atoms with van der Waals surface area (Å²) in [5.74, 6) is 1.87. The van der Waals surface area contributed by atoms with Gasteiger partial charge in [0.15, 0.2) is 0 Å². The number of imidazole rings is 1. The van der Waals surface area contributed by atoms with Crippen LogP contribution in [-0.4, -0.2) is 30.2 Å². The van der Waals surface area contributed by atoms with Crippen molar-refractivity contribution in [2.45, 2.75) is 46.5 Å². The van der Waals surface area contributed by atoms with Gasteiger partial charge in [-0.15, -0.1) is 0 Å². The van der Waals surface area contributed by atoms with Crippen LogP contribution in [0.3, 0.4) is 0 Å². The van der Waals surface area contributed by atoms with Gasteiger partial charge in [-0.05, 0) is 37.0 Å². The number of aromatic nitrogens is 2. The van der Waals surface area contributed by atoms with Crippen LogP contribution in [0.25, 0.3) is 0 Å². The van der Waals surface area contributed by atoms with Crippen LogP contribution in [-0.2, 0) is 18.8 Å². The molecule has 7 nitrogen and oxygen atoms in total. The fraction of sp³-hybridized carbons (Fsp3) is 0.522. The molecule has 0 fully saturated rings. The zero-order chi connectivity index (χ0) is 22.1. The molecule has 0 radical (unpaired) electrons. The minimum Gasteiger partial charge on any atom is -0.475 e. The van der Waals surface area contributed by atoms with E-state index in [4.69, 9.17) is 4.74 Å². The lowest BCUT2D eigenvalue weighted by Crippen LogP contribution is -2.35. The lowest BCUT2D eigenvalue weighted by atomic mass is 9.99. The van der Waals surface area contributed by atoms with Gasteiger partial charge in [-0.1, -0.05) is 39.2 Å². The number of ether oxygens (including phenoxy) is 1. The Hall–Kier alpha value is -2.83. The van der Waals surface area contributed by atoms with E-state index in [2.05, 4.69) is 29.5 Å². The van der Waals surface area contributed by atoms with Gasteiger partial charge in [-0.25, -0.2) is 18.9 Å². The summed E-state index contributed by atoms with van der Waals surface area (Å²) in [7, 11) is 5.50. The first-order chi connectivity index (χ1) is 14.4. The molecule has 2 amide bonds. The Balaban J connectivity index is 2.12. The van der Waals surface area contributed by atoms with E-state index in [0.29, 0.717) is 24.0 Å². The van der Waals surface area contributed by atoms with Crippen molar-refractivity contribution in [2.24, 2.45) is 25.0 Å². The molecule has 30 heavy (non-hydrogen) atoms. The van der Waals surface area contributed by atoms with Crippen molar-refractivity contribution in [1.82, 2.24) is 9.88 Å². The molecular formula is C23H36N5O2+. The molecule has 1 atom stereocenters. The Morgan fingerprint density at radius 1 is 1.33 bits per heavy atom. The number of aryl methyl sites for hydroxylation is 3. The molecule has 2 rings (SSSR count). The number of hydrogen-bond acceptors (Lipinski definition) is 3. The second-order valence-corrected chi connectivity index (χ2v) is 7.72. The van der Waals surface area contributed by atoms with Crippen LogP contribution in [0.4, 0.5) is 16.2 Å². The van der Waals surface area contributed by atoms with E-state index in [-0.39, 0.29) is 6.03 Å². The van der Waals surface area contributed by atoms with E-state index in [9.17, 15) is 4.79 Å². The SMILES string of the molecule is CCCCC(CC)CNC(=O)Nc1cc(/N=C(\OC)c2n(C)cc[n+]2C)ccc1C. The van der Waals surface area contributed by atoms with Crippen molar-refractivity contribution in [3.8, 4) is 0 Å². The van der Waals surface area contributed by atoms with Gasteiger partial charge in [0.2, 0.25) is 0 Å². The smallest absolute Gasteiger partial charge is 0.344 e. The molecule has 1 aromatic heterocycles. The predicted octanol–water partition coefficient (Wildman–Crippen LogP) is 4.22. The van der Waals surface area contributed by atoms with Gasteiger partial charge >= 0.3 is 17.8 Å². The van der Waals surface area contributed by atoms with Crippen LogP contribution in [0.5, 0.6) is 0 Å². The summed E-state index contributed by atoms with van der Waals surface area (Å²) in [6.07, 6.45) is 8.48. The number of urea groups is 1. The number of hydrogen-bond donors (Lipinski definition) is 2. The van der Waals surface area contributed by atoms with Crippen LogP contribution in [0.15, 0.2) is 35.6 Å². The Labute approximate surface area is 180 Å². The molecule has 0 spiro atoms. The molecule has 1 unspecified atom stereocenters. The molecule has 0 saturated heterocycles. The third-order valence-corrected chi connectivity index (χ3v) is 5.36. The Kier molecular flexibility index (Phi) is 8.89. The number of carbonyl (C=O) groups is 1. The van der Waals surface area contributed by atoms with Gasteiger partial charge in [0.05, 0.1) is 26.9 Å². The maximum atomic E-state index is 12.4. The maximum Gasteiger partial charge on any atom is 0.344 e. The molecule has 1 aromatic carbocycles. The number of nitrogens with zero attached hydrogens (tertiary/aromatic N) is 3. The first-order valence-electron chi connectivity index (χ1n) is 10.7. The van der Waals surface area contributed by atoms with Gasteiger partial charge in [0, 0.05) is 12.2 Å². The van der Waals surface area contributed by atoms with E-state index >= 15 is 0 Å². The number of rotatable bonds is 9. The number of aliphatic imine (C=N–C) groups is 1. The molecule has 0 aliphatic rings. The monoisotopic (exact) mass is 414 g/mol. The van der Waals surface area contributed by atoms with E-state index in [0.717, 1.165) is 29.9 Å². The number of benzene rings is 1. The molecular weight excluding hydrogens is 378 g/mol. The summed E-state index contributed by atoms with van der Waals surface area (Å²) < 4.78 is 9.43. The van der Waals surface area contributed by atoms with Crippen LogP contribution < -0.4 is 15.2 Å². The van der Waals surface area contributed by atoms with Crippen molar-refractivity contribution in [1.29, 1.82) is 0 Å². The molecule has 2 N–H and O–H groups in total. The summed E-state index contributed by atoms with van der Waals surface area (Å²) in [5.41, 5.74) is 2.43. The molecule has 0 saturated carbocycles. The van der Waals surface area contributed by atoms with Crippen LogP contribution in [0, 0.1) is 12.8 Å². The molecule has 0 aliphatic heterocycles. The molecule has 164 valence electrons. The Morgan fingerprint density at radius 3 is 2.70 bits per heavy atom. The fourth-order valence-corrected chi connectivity index (χ4v) is 3.36. The van der Waals surface area contributed by atoms with E-state index in [1.807, 2.05) is 60.7 Å². The third-order valence-electron chi connectivity index (χ3n) is 5.36. The van der Waals surface area contributed by atoms with E-state index in [1.54, 1.807) is 7.11 Å². The lowest BCUT2D eigenvalue weighted by molar-refractivity contribution is -0.672. The van der Waals surface area contributed by atoms with Crippen LogP contribution >= 0.6 is 0 Å². The number of carbonyl (C=O) groups excluding carboxylic acids is 1. The first-order valence-corrected chi connectivity index (χ1v) is 10.7. The molecule has 0 bridgehead atoms. The molecule has 0 aliphatic carbocycles. The first kappa shape index (κ1) is 23.4. The Morgan fingerprint density at radius 2 is 2.10 bits per heavy atom. The number of amides is 2. The number of anilines is 1. The number of nitrogens with one attached hydrogen (secondary N) is 2. The van der Waals surface area contributed by atoms with Crippen LogP contribution in [0.1, 0.15) is 50.9 Å². The zero-order valence-corrected chi connectivity index (χ0v) is 19.2. The predicted molar refractivity (Wildman–Crippen MR) is 121 cm³/mol. The molecule has 7 heteroatoms. The minimum absolute atomic E-state index is 0.185. The standard InChI is InChI=1S/C23H35N5O2/c1-7-9-10-18(8-2)16-24-23(29)26-20-15-19(12-11-17(20)3)25-21(30-6)22-27(4)13-14-28(22)5/h11-15,18H,7-10,16H2,1-6H3,(H-,24,26,29)/p+1/b25-21-. The highest BCUT2D eigenvalue weighted by Gasteiger charge is 2.20. The lowest BCUT2D eigenvalue weighted by Gasteiger charge is -2.16. The normalized spacial score (nSPS) is 12.5. The van der Waals surface area contributed by atoms with Crippen molar-refractivity contribution >= 4 is 23.3 Å². The van der Waals surface area contributed by atoms with Crippen molar-refractivity contribution in [2.75, 3.05) is 19.0 Å². The van der Waals surface area contributed by atoms with Gasteiger partial charge in [-0.2, -0.15) is 0 Å². The average Bonchev–Trinajstić information content (AvgIpc) is 3.06. The highest BCUT2D eigenvalue weighted by molar-refractivity contribution is 5.93. The van der Waals surface area contributed by atoms with Gasteiger partial charge in [0.1, 0.15) is 12.4 Å².